The van der Waals surface area contributed by atoms with Crippen LogP contribution in [0.15, 0.2) is 72.8 Å². The average molecular weight is 555 g/mol. The molecule has 210 valence electrons. The van der Waals surface area contributed by atoms with Gasteiger partial charge in [-0.05, 0) is 85.0 Å². The molecule has 10 nitrogen and oxygen atoms in total. The molecule has 0 spiro atoms. The summed E-state index contributed by atoms with van der Waals surface area (Å²) in [6, 6.07) is 19.7. The third-order valence-electron chi connectivity index (χ3n) is 5.73. The Labute approximate surface area is 238 Å². The lowest BCUT2D eigenvalue weighted by Gasteiger charge is -2.19. The third-order valence-corrected chi connectivity index (χ3v) is 5.73. The van der Waals surface area contributed by atoms with Crippen molar-refractivity contribution in [2.24, 2.45) is 0 Å². The number of rotatable bonds is 10. The molecule has 0 saturated heterocycles. The molecular formula is C31H30N4O6. The maximum absolute atomic E-state index is 12.3. The van der Waals surface area contributed by atoms with Gasteiger partial charge < -0.3 is 25.8 Å². The Bertz CT molecular complexity index is 1460. The number of aliphatic hydroxyl groups excluding tert-OH is 1. The van der Waals surface area contributed by atoms with Crippen molar-refractivity contribution in [3.63, 3.8) is 0 Å². The predicted molar refractivity (Wildman–Crippen MR) is 153 cm³/mol. The van der Waals surface area contributed by atoms with Crippen molar-refractivity contribution in [2.75, 3.05) is 19.0 Å². The first-order valence-electron chi connectivity index (χ1n) is 12.6. The van der Waals surface area contributed by atoms with Crippen LogP contribution in [0.2, 0.25) is 0 Å². The van der Waals surface area contributed by atoms with Crippen LogP contribution < -0.4 is 26.2 Å². The number of nitrogens with one attached hydrogen (secondary N) is 4. The second-order valence-corrected chi connectivity index (χ2v) is 8.82. The van der Waals surface area contributed by atoms with Crippen molar-refractivity contribution < 1.29 is 29.4 Å². The van der Waals surface area contributed by atoms with E-state index in [1.165, 1.54) is 24.5 Å². The SMILES string of the molecule is COc1ccc(CNCC(=O)Nc2ccc(C#CC#Cc3ccc(C(=O)N[C@H](C(=O)NO)[C@@H](C)O)cc3)cc2)cc1. The summed E-state index contributed by atoms with van der Waals surface area (Å²) in [5, 5.41) is 26.7. The minimum atomic E-state index is -1.31. The number of hydrogen-bond donors (Lipinski definition) is 6. The summed E-state index contributed by atoms with van der Waals surface area (Å²) in [5.41, 5.74) is 4.70. The van der Waals surface area contributed by atoms with Crippen LogP contribution in [0.25, 0.3) is 0 Å². The summed E-state index contributed by atoms with van der Waals surface area (Å²) in [6.07, 6.45) is -1.21. The molecule has 0 radical (unpaired) electrons. The van der Waals surface area contributed by atoms with E-state index in [9.17, 15) is 19.5 Å². The van der Waals surface area contributed by atoms with Gasteiger partial charge in [-0.15, -0.1) is 0 Å². The number of ether oxygens (including phenoxy) is 1. The Morgan fingerprint density at radius 2 is 1.46 bits per heavy atom. The second kappa shape index (κ2) is 15.5. The number of hydrogen-bond acceptors (Lipinski definition) is 7. The van der Waals surface area contributed by atoms with Crippen LogP contribution in [0.3, 0.4) is 0 Å². The van der Waals surface area contributed by atoms with E-state index in [-0.39, 0.29) is 18.0 Å². The smallest absolute Gasteiger partial charge is 0.268 e. The van der Waals surface area contributed by atoms with Crippen LogP contribution in [-0.2, 0) is 16.1 Å². The summed E-state index contributed by atoms with van der Waals surface area (Å²) in [4.78, 5) is 36.1. The van der Waals surface area contributed by atoms with Crippen molar-refractivity contribution in [3.05, 3.63) is 95.1 Å². The van der Waals surface area contributed by atoms with Gasteiger partial charge in [0.15, 0.2) is 0 Å². The number of hydroxylamine groups is 1. The number of benzene rings is 3. The molecule has 0 heterocycles. The van der Waals surface area contributed by atoms with Gasteiger partial charge in [-0.25, -0.2) is 5.48 Å². The molecule has 0 aliphatic carbocycles. The van der Waals surface area contributed by atoms with Crippen LogP contribution in [0.1, 0.15) is 34.0 Å². The van der Waals surface area contributed by atoms with Gasteiger partial charge in [0.05, 0.1) is 19.8 Å². The van der Waals surface area contributed by atoms with Gasteiger partial charge >= 0.3 is 0 Å². The van der Waals surface area contributed by atoms with E-state index < -0.39 is 24.0 Å². The Balaban J connectivity index is 1.46. The van der Waals surface area contributed by atoms with Gasteiger partial charge in [-0.3, -0.25) is 19.6 Å². The van der Waals surface area contributed by atoms with Gasteiger partial charge in [0.25, 0.3) is 11.8 Å². The van der Waals surface area contributed by atoms with Gasteiger partial charge in [-0.2, -0.15) is 0 Å². The minimum absolute atomic E-state index is 0.162. The molecule has 0 bridgehead atoms. The highest BCUT2D eigenvalue weighted by molar-refractivity contribution is 5.97. The zero-order valence-electron chi connectivity index (χ0n) is 22.5. The van der Waals surface area contributed by atoms with E-state index in [0.717, 1.165) is 16.9 Å². The van der Waals surface area contributed by atoms with Crippen LogP contribution in [0, 0.1) is 23.7 Å². The summed E-state index contributed by atoms with van der Waals surface area (Å²) in [5.74, 6) is 10.4. The minimum Gasteiger partial charge on any atom is -0.497 e. The molecule has 3 amide bonds. The highest BCUT2D eigenvalue weighted by atomic mass is 16.5. The topological polar surface area (TPSA) is 149 Å². The van der Waals surface area contributed by atoms with Gasteiger partial charge in [0.1, 0.15) is 11.8 Å². The van der Waals surface area contributed by atoms with Crippen LogP contribution in [0.4, 0.5) is 5.69 Å². The molecule has 3 aromatic rings. The molecule has 0 aromatic heterocycles. The lowest BCUT2D eigenvalue weighted by molar-refractivity contribution is -0.133. The first-order chi connectivity index (χ1) is 19.8. The molecule has 0 saturated carbocycles. The van der Waals surface area contributed by atoms with Crippen LogP contribution in [0.5, 0.6) is 5.75 Å². The van der Waals surface area contributed by atoms with Crippen molar-refractivity contribution in [1.29, 1.82) is 0 Å². The molecule has 3 aromatic carbocycles. The van der Waals surface area contributed by atoms with E-state index in [1.807, 2.05) is 24.3 Å². The summed E-state index contributed by atoms with van der Waals surface area (Å²) in [7, 11) is 1.61. The highest BCUT2D eigenvalue weighted by Crippen LogP contribution is 2.11. The molecule has 0 unspecified atom stereocenters. The van der Waals surface area contributed by atoms with Crippen LogP contribution >= 0.6 is 0 Å². The quantitative estimate of drug-likeness (QED) is 0.127. The predicted octanol–water partition coefficient (Wildman–Crippen LogP) is 1.81. The zero-order valence-corrected chi connectivity index (χ0v) is 22.5. The van der Waals surface area contributed by atoms with Gasteiger partial charge in [0, 0.05) is 28.9 Å². The van der Waals surface area contributed by atoms with E-state index in [1.54, 1.807) is 43.5 Å². The van der Waals surface area contributed by atoms with Crippen molar-refractivity contribution in [2.45, 2.75) is 25.6 Å². The normalized spacial score (nSPS) is 11.4. The molecule has 0 fully saturated rings. The lowest BCUT2D eigenvalue weighted by atomic mass is 10.1. The van der Waals surface area contributed by atoms with Crippen molar-refractivity contribution >= 4 is 23.4 Å². The molecule has 6 N–H and O–H groups in total. The maximum atomic E-state index is 12.3. The fraction of sp³-hybridized carbons (Fsp3) is 0.194. The van der Waals surface area contributed by atoms with E-state index in [4.69, 9.17) is 9.94 Å². The molecule has 2 atom stereocenters. The maximum Gasteiger partial charge on any atom is 0.268 e. The number of methoxy groups -OCH3 is 1. The first-order valence-corrected chi connectivity index (χ1v) is 12.6. The average Bonchev–Trinajstić information content (AvgIpc) is 2.99. The standard InChI is InChI=1S/C31H30N4O6/c1-21(36)29(31(39)35-40)34-30(38)25-13-7-22(8-14-25)5-3-4-6-23-9-15-26(16-10-23)33-28(37)20-32-19-24-11-17-27(41-2)18-12-24/h7-18,21,29,32,36,40H,19-20H2,1-2H3,(H,33,37)(H,34,38)(H,35,39)/t21-,29+/m1/s1. The molecule has 0 aliphatic rings. The van der Waals surface area contributed by atoms with Gasteiger partial charge in [0.2, 0.25) is 5.91 Å². The summed E-state index contributed by atoms with van der Waals surface area (Å²) in [6.45, 7) is 2.04. The number of amides is 3. The summed E-state index contributed by atoms with van der Waals surface area (Å²) < 4.78 is 5.13. The number of aliphatic hydroxyl groups is 1. The Kier molecular flexibility index (Phi) is 11.5. The second-order valence-electron chi connectivity index (χ2n) is 8.82. The lowest BCUT2D eigenvalue weighted by Crippen LogP contribution is -2.51. The Hall–Kier alpha value is -5.13. The molecule has 0 aliphatic heterocycles. The summed E-state index contributed by atoms with van der Waals surface area (Å²) >= 11 is 0. The van der Waals surface area contributed by atoms with Crippen LogP contribution in [-0.4, -0.2) is 53.8 Å². The molecular weight excluding hydrogens is 524 g/mol. The number of anilines is 1. The number of carbonyl (C=O) groups is 3. The van der Waals surface area contributed by atoms with E-state index in [2.05, 4.69) is 39.6 Å². The largest absolute Gasteiger partial charge is 0.497 e. The van der Waals surface area contributed by atoms with Crippen molar-refractivity contribution in [1.82, 2.24) is 16.1 Å². The molecule has 41 heavy (non-hydrogen) atoms. The van der Waals surface area contributed by atoms with Gasteiger partial charge in [-0.1, -0.05) is 24.0 Å². The Morgan fingerprint density at radius 3 is 2.00 bits per heavy atom. The fourth-order valence-electron chi connectivity index (χ4n) is 3.52. The van der Waals surface area contributed by atoms with E-state index in [0.29, 0.717) is 17.8 Å². The monoisotopic (exact) mass is 554 g/mol. The number of carbonyl (C=O) groups excluding carboxylic acids is 3. The first kappa shape index (κ1) is 30.4. The highest BCUT2D eigenvalue weighted by Gasteiger charge is 2.25. The third kappa shape index (κ3) is 9.84. The fourth-order valence-corrected chi connectivity index (χ4v) is 3.52. The van der Waals surface area contributed by atoms with Crippen molar-refractivity contribution in [3.8, 4) is 29.4 Å². The Morgan fingerprint density at radius 1 is 0.878 bits per heavy atom. The molecule has 10 heteroatoms. The van der Waals surface area contributed by atoms with E-state index >= 15 is 0 Å². The molecule has 3 rings (SSSR count). The zero-order chi connectivity index (χ0) is 29.6.